The van der Waals surface area contributed by atoms with Gasteiger partial charge in [-0.1, -0.05) is 48.0 Å². The van der Waals surface area contributed by atoms with Gasteiger partial charge < -0.3 is 15.4 Å². The topological polar surface area (TPSA) is 70.7 Å². The van der Waals surface area contributed by atoms with Crippen LogP contribution in [0.15, 0.2) is 48.5 Å². The molecule has 1 atom stereocenters. The smallest absolute Gasteiger partial charge is 0.313 e. The molecule has 1 fully saturated rings. The van der Waals surface area contributed by atoms with Crippen LogP contribution in [0.5, 0.6) is 0 Å². The summed E-state index contributed by atoms with van der Waals surface area (Å²) in [5.74, 6) is -1.36. The van der Waals surface area contributed by atoms with E-state index in [0.717, 1.165) is 24.2 Å². The van der Waals surface area contributed by atoms with E-state index in [1.807, 2.05) is 25.1 Å². The van der Waals surface area contributed by atoms with Crippen LogP contribution in [-0.4, -0.2) is 49.5 Å². The molecule has 148 valence electrons. The summed E-state index contributed by atoms with van der Waals surface area (Å²) in [5.41, 5.74) is 2.52. The van der Waals surface area contributed by atoms with E-state index in [-0.39, 0.29) is 6.10 Å². The number of hydrogen-bond donors (Lipinski definition) is 2. The van der Waals surface area contributed by atoms with Crippen molar-refractivity contribution in [1.29, 1.82) is 0 Å². The Balaban J connectivity index is 1.44. The number of aryl methyl sites for hydroxylation is 1. The van der Waals surface area contributed by atoms with Gasteiger partial charge in [0.05, 0.1) is 12.7 Å². The zero-order valence-electron chi connectivity index (χ0n) is 15.8. The highest BCUT2D eigenvalue weighted by atomic mass is 35.5. The maximum atomic E-state index is 12.1. The number of benzene rings is 2. The van der Waals surface area contributed by atoms with Crippen LogP contribution in [0.3, 0.4) is 0 Å². The van der Waals surface area contributed by atoms with Crippen LogP contribution < -0.4 is 10.6 Å². The molecule has 2 aromatic carbocycles. The van der Waals surface area contributed by atoms with E-state index in [1.165, 1.54) is 0 Å². The first-order valence-electron chi connectivity index (χ1n) is 9.27. The van der Waals surface area contributed by atoms with Gasteiger partial charge in [0.25, 0.3) is 0 Å². The van der Waals surface area contributed by atoms with Gasteiger partial charge in [0.1, 0.15) is 0 Å². The van der Waals surface area contributed by atoms with Crippen molar-refractivity contribution in [3.63, 3.8) is 0 Å². The van der Waals surface area contributed by atoms with Gasteiger partial charge in [0.2, 0.25) is 0 Å². The third-order valence-electron chi connectivity index (χ3n) is 4.69. The monoisotopic (exact) mass is 401 g/mol. The maximum absolute atomic E-state index is 12.1. The fourth-order valence-corrected chi connectivity index (χ4v) is 3.26. The fourth-order valence-electron chi connectivity index (χ4n) is 3.09. The number of nitrogens with zero attached hydrogens (tertiary/aromatic N) is 1. The van der Waals surface area contributed by atoms with E-state index in [1.54, 1.807) is 18.2 Å². The number of carbonyl (C=O) groups excluding carboxylic acids is 2. The van der Waals surface area contributed by atoms with Gasteiger partial charge in [-0.05, 0) is 30.2 Å². The summed E-state index contributed by atoms with van der Waals surface area (Å²) in [6.45, 7) is 5.08. The summed E-state index contributed by atoms with van der Waals surface area (Å²) < 4.78 is 5.84. The molecule has 0 aromatic heterocycles. The highest BCUT2D eigenvalue weighted by Gasteiger charge is 2.22. The van der Waals surface area contributed by atoms with Gasteiger partial charge in [-0.3, -0.25) is 14.5 Å². The predicted octanol–water partition coefficient (Wildman–Crippen LogP) is 2.78. The SMILES string of the molecule is Cc1ccc(Cl)cc1NC(=O)C(=O)NCCN1CCOC(c2ccccc2)C1. The Morgan fingerprint density at radius 2 is 1.96 bits per heavy atom. The molecule has 7 heteroatoms. The molecule has 1 aliphatic heterocycles. The molecule has 28 heavy (non-hydrogen) atoms. The summed E-state index contributed by atoms with van der Waals surface area (Å²) >= 11 is 5.94. The number of anilines is 1. The Hall–Kier alpha value is -2.41. The van der Waals surface area contributed by atoms with Crippen molar-refractivity contribution in [2.24, 2.45) is 0 Å². The minimum absolute atomic E-state index is 0.0276. The Morgan fingerprint density at radius 1 is 1.18 bits per heavy atom. The van der Waals surface area contributed by atoms with Crippen LogP contribution in [-0.2, 0) is 14.3 Å². The highest BCUT2D eigenvalue weighted by molar-refractivity contribution is 6.40. The molecule has 1 saturated heterocycles. The lowest BCUT2D eigenvalue weighted by Gasteiger charge is -2.33. The second-order valence-electron chi connectivity index (χ2n) is 6.74. The van der Waals surface area contributed by atoms with Crippen molar-refractivity contribution in [3.8, 4) is 0 Å². The van der Waals surface area contributed by atoms with E-state index >= 15 is 0 Å². The molecule has 1 unspecified atom stereocenters. The average molecular weight is 402 g/mol. The number of ether oxygens (including phenoxy) is 1. The van der Waals surface area contributed by atoms with E-state index in [9.17, 15) is 9.59 Å². The molecule has 1 aliphatic rings. The molecule has 2 N–H and O–H groups in total. The molecule has 2 aromatic rings. The molecule has 0 aliphatic carbocycles. The normalized spacial score (nSPS) is 17.1. The summed E-state index contributed by atoms with van der Waals surface area (Å²) in [6, 6.07) is 15.2. The summed E-state index contributed by atoms with van der Waals surface area (Å²) in [5, 5.41) is 5.77. The van der Waals surface area contributed by atoms with Crippen LogP contribution in [0, 0.1) is 6.92 Å². The highest BCUT2D eigenvalue weighted by Crippen LogP contribution is 2.22. The summed E-state index contributed by atoms with van der Waals surface area (Å²) in [6.07, 6.45) is 0.0276. The van der Waals surface area contributed by atoms with Crippen molar-refractivity contribution in [1.82, 2.24) is 10.2 Å². The number of nitrogens with one attached hydrogen (secondary N) is 2. The molecule has 0 bridgehead atoms. The first-order valence-corrected chi connectivity index (χ1v) is 9.65. The number of amides is 2. The Labute approximate surface area is 169 Å². The molecule has 0 spiro atoms. The molecular weight excluding hydrogens is 378 g/mol. The summed E-state index contributed by atoms with van der Waals surface area (Å²) in [4.78, 5) is 26.4. The number of morpholine rings is 1. The second-order valence-corrected chi connectivity index (χ2v) is 7.18. The molecule has 1 heterocycles. The number of hydrogen-bond acceptors (Lipinski definition) is 4. The number of rotatable bonds is 5. The first kappa shape index (κ1) is 20.3. The summed E-state index contributed by atoms with van der Waals surface area (Å²) in [7, 11) is 0. The van der Waals surface area contributed by atoms with E-state index in [4.69, 9.17) is 16.3 Å². The fraction of sp³-hybridized carbons (Fsp3) is 0.333. The molecule has 0 radical (unpaired) electrons. The van der Waals surface area contributed by atoms with E-state index in [0.29, 0.717) is 30.4 Å². The lowest BCUT2D eigenvalue weighted by molar-refractivity contribution is -0.136. The standard InChI is InChI=1S/C21H24ClN3O3/c1-15-7-8-17(22)13-18(15)24-21(27)20(26)23-9-10-25-11-12-28-19(14-25)16-5-3-2-4-6-16/h2-8,13,19H,9-12,14H2,1H3,(H,23,26)(H,24,27). The predicted molar refractivity (Wildman–Crippen MR) is 109 cm³/mol. The van der Waals surface area contributed by atoms with Crippen molar-refractivity contribution < 1.29 is 14.3 Å². The largest absolute Gasteiger partial charge is 0.371 e. The van der Waals surface area contributed by atoms with Crippen molar-refractivity contribution in [2.45, 2.75) is 13.0 Å². The van der Waals surface area contributed by atoms with Crippen molar-refractivity contribution in [2.75, 3.05) is 38.1 Å². The first-order chi connectivity index (χ1) is 13.5. The van der Waals surface area contributed by atoms with Gasteiger partial charge in [0.15, 0.2) is 0 Å². The third-order valence-corrected chi connectivity index (χ3v) is 4.92. The zero-order valence-corrected chi connectivity index (χ0v) is 16.5. The van der Waals surface area contributed by atoms with E-state index < -0.39 is 11.8 Å². The maximum Gasteiger partial charge on any atom is 0.313 e. The zero-order chi connectivity index (χ0) is 19.9. The molecule has 6 nitrogen and oxygen atoms in total. The Kier molecular flexibility index (Phi) is 7.03. The Bertz CT molecular complexity index is 829. The minimum Gasteiger partial charge on any atom is -0.371 e. The average Bonchev–Trinajstić information content (AvgIpc) is 2.71. The van der Waals surface area contributed by atoms with Crippen LogP contribution in [0.4, 0.5) is 5.69 Å². The van der Waals surface area contributed by atoms with Gasteiger partial charge in [-0.2, -0.15) is 0 Å². The van der Waals surface area contributed by atoms with Crippen molar-refractivity contribution >= 4 is 29.1 Å². The van der Waals surface area contributed by atoms with Gasteiger partial charge in [-0.25, -0.2) is 0 Å². The molecule has 2 amide bonds. The lowest BCUT2D eigenvalue weighted by Crippen LogP contribution is -2.44. The van der Waals surface area contributed by atoms with Crippen molar-refractivity contribution in [3.05, 3.63) is 64.7 Å². The number of halogens is 1. The minimum atomic E-state index is -0.700. The van der Waals surface area contributed by atoms with Gasteiger partial charge in [0, 0.05) is 36.9 Å². The van der Waals surface area contributed by atoms with Crippen LogP contribution in [0.1, 0.15) is 17.2 Å². The lowest BCUT2D eigenvalue weighted by atomic mass is 10.1. The number of carbonyl (C=O) groups is 2. The Morgan fingerprint density at radius 3 is 2.75 bits per heavy atom. The molecule has 0 saturated carbocycles. The van der Waals surface area contributed by atoms with Gasteiger partial charge in [-0.15, -0.1) is 0 Å². The second kappa shape index (κ2) is 9.68. The van der Waals surface area contributed by atoms with Crippen LogP contribution >= 0.6 is 11.6 Å². The molecular formula is C21H24ClN3O3. The quantitative estimate of drug-likeness (QED) is 0.756. The van der Waals surface area contributed by atoms with E-state index in [2.05, 4.69) is 27.7 Å². The van der Waals surface area contributed by atoms with Crippen LogP contribution in [0.2, 0.25) is 5.02 Å². The third kappa shape index (κ3) is 5.55. The van der Waals surface area contributed by atoms with Gasteiger partial charge >= 0.3 is 11.8 Å². The van der Waals surface area contributed by atoms with Crippen LogP contribution in [0.25, 0.3) is 0 Å². The molecule has 3 rings (SSSR count).